The van der Waals surface area contributed by atoms with Gasteiger partial charge in [-0.2, -0.15) is 13.2 Å². The maximum atomic E-state index is 12.5. The van der Waals surface area contributed by atoms with E-state index in [0.29, 0.717) is 38.6 Å². The van der Waals surface area contributed by atoms with Crippen LogP contribution < -0.4 is 10.6 Å². The molecule has 2 heterocycles. The summed E-state index contributed by atoms with van der Waals surface area (Å²) >= 11 is 0. The van der Waals surface area contributed by atoms with Crippen LogP contribution in [0, 0.1) is 0 Å². The molecule has 2 N–H and O–H groups in total. The fraction of sp³-hybridized carbons (Fsp3) is 0.800. The van der Waals surface area contributed by atoms with Crippen LogP contribution in [0.15, 0.2) is 17.6 Å². The number of hydrogen-bond acceptors (Lipinski definition) is 4. The Kier molecular flexibility index (Phi) is 7.48. The predicted molar refractivity (Wildman–Crippen MR) is 89.3 cm³/mol. The molecule has 0 amide bonds. The molecule has 142 valence electrons. The maximum absolute atomic E-state index is 12.5. The Balaban J connectivity index is 1.70. The standard InChI is InChI=1S/C15H26F3N7/c1-2-19-14(20-6-3-4-7-25-11-21-22-12-25)23-13-5-8-24(9-13)10-15(16,17)18/h11-13H,2-10H2,1H3,(H2,19,20,23). The largest absolute Gasteiger partial charge is 0.401 e. The van der Waals surface area contributed by atoms with Crippen molar-refractivity contribution in [3.63, 3.8) is 0 Å². The van der Waals surface area contributed by atoms with Crippen LogP contribution in [0.25, 0.3) is 0 Å². The summed E-state index contributed by atoms with van der Waals surface area (Å²) < 4.78 is 39.3. The average molecular weight is 361 g/mol. The van der Waals surface area contributed by atoms with E-state index in [0.717, 1.165) is 19.4 Å². The first kappa shape index (κ1) is 19.5. The summed E-state index contributed by atoms with van der Waals surface area (Å²) in [5.74, 6) is 0.672. The zero-order chi connectivity index (χ0) is 18.1. The number of aromatic nitrogens is 3. The maximum Gasteiger partial charge on any atom is 0.401 e. The molecular weight excluding hydrogens is 335 g/mol. The Morgan fingerprint density at radius 2 is 2.04 bits per heavy atom. The molecule has 1 aromatic heterocycles. The zero-order valence-corrected chi connectivity index (χ0v) is 14.5. The topological polar surface area (TPSA) is 70.4 Å². The smallest absolute Gasteiger partial charge is 0.357 e. The second-order valence-corrected chi connectivity index (χ2v) is 6.15. The Labute approximate surface area is 145 Å². The van der Waals surface area contributed by atoms with Gasteiger partial charge >= 0.3 is 6.18 Å². The minimum absolute atomic E-state index is 0.00262. The Morgan fingerprint density at radius 1 is 1.28 bits per heavy atom. The molecule has 1 aromatic rings. The molecule has 2 rings (SSSR count). The van der Waals surface area contributed by atoms with Crippen LogP contribution >= 0.6 is 0 Å². The van der Waals surface area contributed by atoms with E-state index < -0.39 is 12.7 Å². The minimum Gasteiger partial charge on any atom is -0.357 e. The van der Waals surface area contributed by atoms with Gasteiger partial charge in [-0.15, -0.1) is 10.2 Å². The third-order valence-electron chi connectivity index (χ3n) is 3.92. The van der Waals surface area contributed by atoms with E-state index in [1.54, 1.807) is 12.7 Å². The zero-order valence-electron chi connectivity index (χ0n) is 14.5. The third kappa shape index (κ3) is 7.72. The molecule has 0 aliphatic carbocycles. The lowest BCUT2D eigenvalue weighted by Gasteiger charge is -2.19. The lowest BCUT2D eigenvalue weighted by molar-refractivity contribution is -0.143. The van der Waals surface area contributed by atoms with Crippen LogP contribution in [0.5, 0.6) is 0 Å². The molecule has 1 saturated heterocycles. The van der Waals surface area contributed by atoms with Crippen molar-refractivity contribution in [1.29, 1.82) is 0 Å². The van der Waals surface area contributed by atoms with Crippen molar-refractivity contribution < 1.29 is 13.2 Å². The summed E-state index contributed by atoms with van der Waals surface area (Å²) in [6.45, 7) is 4.19. The number of halogens is 3. The van der Waals surface area contributed by atoms with E-state index in [2.05, 4.69) is 25.8 Å². The fourth-order valence-electron chi connectivity index (χ4n) is 2.80. The average Bonchev–Trinajstić information content (AvgIpc) is 3.17. The quantitative estimate of drug-likeness (QED) is 0.414. The van der Waals surface area contributed by atoms with Gasteiger partial charge in [0.15, 0.2) is 5.96 Å². The van der Waals surface area contributed by atoms with Crippen molar-refractivity contribution in [1.82, 2.24) is 30.3 Å². The summed E-state index contributed by atoms with van der Waals surface area (Å²) in [6, 6.07) is -0.00262. The van der Waals surface area contributed by atoms with E-state index in [1.807, 2.05) is 11.5 Å². The molecule has 7 nitrogen and oxygen atoms in total. The Hall–Kier alpha value is -1.84. The summed E-state index contributed by atoms with van der Waals surface area (Å²) in [5.41, 5.74) is 0. The first-order valence-electron chi connectivity index (χ1n) is 8.62. The molecule has 1 fully saturated rings. The summed E-state index contributed by atoms with van der Waals surface area (Å²) in [7, 11) is 0. The molecule has 0 radical (unpaired) electrons. The summed E-state index contributed by atoms with van der Waals surface area (Å²) in [4.78, 5) is 5.94. The third-order valence-corrected chi connectivity index (χ3v) is 3.92. The van der Waals surface area contributed by atoms with Gasteiger partial charge < -0.3 is 15.2 Å². The Bertz CT molecular complexity index is 516. The van der Waals surface area contributed by atoms with Crippen LogP contribution in [0.3, 0.4) is 0 Å². The van der Waals surface area contributed by atoms with E-state index in [-0.39, 0.29) is 6.04 Å². The summed E-state index contributed by atoms with van der Waals surface area (Å²) in [6.07, 6.45) is 1.79. The minimum atomic E-state index is -4.14. The van der Waals surface area contributed by atoms with E-state index in [1.165, 1.54) is 4.90 Å². The van der Waals surface area contributed by atoms with Crippen LogP contribution in [0.2, 0.25) is 0 Å². The van der Waals surface area contributed by atoms with Gasteiger partial charge in [0.2, 0.25) is 0 Å². The number of hydrogen-bond donors (Lipinski definition) is 2. The highest BCUT2D eigenvalue weighted by atomic mass is 19.4. The van der Waals surface area contributed by atoms with Crippen molar-refractivity contribution in [3.05, 3.63) is 12.7 Å². The van der Waals surface area contributed by atoms with Gasteiger partial charge in [0.1, 0.15) is 12.7 Å². The highest BCUT2D eigenvalue weighted by Gasteiger charge is 2.34. The number of alkyl halides is 3. The summed E-state index contributed by atoms with van der Waals surface area (Å²) in [5, 5.41) is 13.9. The van der Waals surface area contributed by atoms with Crippen LogP contribution in [-0.2, 0) is 6.54 Å². The number of guanidine groups is 1. The predicted octanol–water partition coefficient (Wildman–Crippen LogP) is 1.25. The molecule has 10 heteroatoms. The number of nitrogens with one attached hydrogen (secondary N) is 2. The second-order valence-electron chi connectivity index (χ2n) is 6.15. The number of aryl methyl sites for hydroxylation is 1. The fourth-order valence-corrected chi connectivity index (χ4v) is 2.80. The van der Waals surface area contributed by atoms with Crippen molar-refractivity contribution in [2.24, 2.45) is 4.99 Å². The highest BCUT2D eigenvalue weighted by molar-refractivity contribution is 5.80. The van der Waals surface area contributed by atoms with Gasteiger partial charge in [0.05, 0.1) is 6.54 Å². The first-order chi connectivity index (χ1) is 12.0. The van der Waals surface area contributed by atoms with Crippen LogP contribution in [-0.4, -0.2) is 70.6 Å². The molecule has 1 atom stereocenters. The normalized spacial score (nSPS) is 19.4. The lowest BCUT2D eigenvalue weighted by Crippen LogP contribution is -2.45. The van der Waals surface area contributed by atoms with E-state index in [9.17, 15) is 13.2 Å². The second kappa shape index (κ2) is 9.59. The van der Waals surface area contributed by atoms with Crippen molar-refractivity contribution in [2.75, 3.05) is 32.7 Å². The molecule has 0 aromatic carbocycles. The first-order valence-corrected chi connectivity index (χ1v) is 8.62. The molecule has 25 heavy (non-hydrogen) atoms. The molecule has 1 aliphatic rings. The van der Waals surface area contributed by atoms with E-state index >= 15 is 0 Å². The number of rotatable bonds is 8. The van der Waals surface area contributed by atoms with Gasteiger partial charge in [-0.3, -0.25) is 9.89 Å². The molecule has 0 saturated carbocycles. The van der Waals surface area contributed by atoms with Gasteiger partial charge in [-0.05, 0) is 26.2 Å². The molecule has 0 bridgehead atoms. The monoisotopic (exact) mass is 361 g/mol. The molecule has 0 spiro atoms. The number of unbranched alkanes of at least 4 members (excludes halogenated alkanes) is 1. The number of likely N-dealkylation sites (tertiary alicyclic amines) is 1. The van der Waals surface area contributed by atoms with Crippen LogP contribution in [0.4, 0.5) is 13.2 Å². The number of nitrogens with zero attached hydrogens (tertiary/aromatic N) is 5. The van der Waals surface area contributed by atoms with Gasteiger partial charge in [0, 0.05) is 38.8 Å². The Morgan fingerprint density at radius 3 is 2.72 bits per heavy atom. The highest BCUT2D eigenvalue weighted by Crippen LogP contribution is 2.19. The van der Waals surface area contributed by atoms with Crippen LogP contribution in [0.1, 0.15) is 26.2 Å². The molecule has 1 aliphatic heterocycles. The SMILES string of the molecule is CCNC(=NCCCCn1cnnc1)NC1CCN(CC(F)(F)F)C1. The van der Waals surface area contributed by atoms with E-state index in [4.69, 9.17) is 0 Å². The van der Waals surface area contributed by atoms with Gasteiger partial charge in [-0.1, -0.05) is 0 Å². The van der Waals surface area contributed by atoms with Gasteiger partial charge in [-0.25, -0.2) is 0 Å². The van der Waals surface area contributed by atoms with Crippen molar-refractivity contribution in [3.8, 4) is 0 Å². The molecule has 1 unspecified atom stereocenters. The van der Waals surface area contributed by atoms with Crippen molar-refractivity contribution >= 4 is 5.96 Å². The van der Waals surface area contributed by atoms with Gasteiger partial charge in [0.25, 0.3) is 0 Å². The van der Waals surface area contributed by atoms with Crippen molar-refractivity contribution in [2.45, 2.75) is 44.9 Å². The molecular formula is C15H26F3N7. The lowest BCUT2D eigenvalue weighted by atomic mass is 10.3. The number of aliphatic imine (C=N–C) groups is 1.